The molecule has 0 atom stereocenters. The van der Waals surface area contributed by atoms with Crippen LogP contribution in [0.3, 0.4) is 0 Å². The predicted octanol–water partition coefficient (Wildman–Crippen LogP) is 2.47. The zero-order valence-corrected chi connectivity index (χ0v) is 13.7. The van der Waals surface area contributed by atoms with Gasteiger partial charge >= 0.3 is 0 Å². The molecule has 0 bridgehead atoms. The molecule has 114 valence electrons. The highest BCUT2D eigenvalue weighted by molar-refractivity contribution is 7.20. The second-order valence-electron chi connectivity index (χ2n) is 5.69. The Balaban J connectivity index is 2.19. The third-order valence-corrected chi connectivity index (χ3v) is 4.66. The van der Waals surface area contributed by atoms with E-state index < -0.39 is 0 Å². The van der Waals surface area contributed by atoms with E-state index in [0.29, 0.717) is 27.6 Å². The zero-order chi connectivity index (χ0) is 15.6. The van der Waals surface area contributed by atoms with Crippen molar-refractivity contribution >= 4 is 27.5 Å². The summed E-state index contributed by atoms with van der Waals surface area (Å²) in [6.07, 6.45) is 3.55. The predicted molar refractivity (Wildman–Crippen MR) is 86.0 cm³/mol. The molecule has 0 saturated carbocycles. The van der Waals surface area contributed by atoms with Gasteiger partial charge in [0.05, 0.1) is 16.6 Å². The smallest absolute Gasteiger partial charge is 0.262 e. The first-order valence-corrected chi connectivity index (χ1v) is 7.96. The van der Waals surface area contributed by atoms with Gasteiger partial charge in [-0.25, -0.2) is 4.98 Å². The molecule has 2 heterocycles. The van der Waals surface area contributed by atoms with Crippen molar-refractivity contribution in [1.82, 2.24) is 14.9 Å². The first-order chi connectivity index (χ1) is 9.91. The fourth-order valence-electron chi connectivity index (χ4n) is 2.22. The first-order valence-electron chi connectivity index (χ1n) is 7.14. The molecule has 0 aliphatic heterocycles. The third-order valence-electron chi connectivity index (χ3n) is 3.46. The summed E-state index contributed by atoms with van der Waals surface area (Å²) in [6, 6.07) is 0. The van der Waals surface area contributed by atoms with Crippen LogP contribution >= 0.6 is 11.3 Å². The lowest BCUT2D eigenvalue weighted by Gasteiger charge is -2.06. The highest BCUT2D eigenvalue weighted by Crippen LogP contribution is 2.26. The number of aryl methyl sites for hydroxylation is 2. The van der Waals surface area contributed by atoms with E-state index in [1.165, 1.54) is 22.2 Å². The van der Waals surface area contributed by atoms with Crippen molar-refractivity contribution in [1.29, 1.82) is 0 Å². The Morgan fingerprint density at radius 3 is 2.86 bits per heavy atom. The molecule has 0 unspecified atom stereocenters. The standard InChI is InChI=1S/C15H21N3O2S/c1-9(2)6-5-7-16-13(19)12-10(3)11-14(21-12)17-8-18(4)15(11)20/h8-9H,5-7H2,1-4H3,(H,16,19). The van der Waals surface area contributed by atoms with Gasteiger partial charge in [0.15, 0.2) is 0 Å². The molecule has 1 amide bonds. The average molecular weight is 307 g/mol. The Bertz CT molecular complexity index is 716. The molecule has 0 radical (unpaired) electrons. The molecule has 21 heavy (non-hydrogen) atoms. The first kappa shape index (κ1) is 15.7. The second-order valence-corrected chi connectivity index (χ2v) is 6.69. The molecule has 0 aliphatic rings. The summed E-state index contributed by atoms with van der Waals surface area (Å²) in [5.41, 5.74) is 0.623. The number of aromatic nitrogens is 2. The monoisotopic (exact) mass is 307 g/mol. The van der Waals surface area contributed by atoms with Gasteiger partial charge in [0.2, 0.25) is 0 Å². The van der Waals surface area contributed by atoms with Gasteiger partial charge in [-0.3, -0.25) is 9.59 Å². The number of hydrogen-bond donors (Lipinski definition) is 1. The average Bonchev–Trinajstić information content (AvgIpc) is 2.76. The molecule has 2 aromatic heterocycles. The quantitative estimate of drug-likeness (QED) is 0.863. The van der Waals surface area contributed by atoms with Gasteiger partial charge in [-0.1, -0.05) is 13.8 Å². The van der Waals surface area contributed by atoms with Gasteiger partial charge in [0, 0.05) is 13.6 Å². The fourth-order valence-corrected chi connectivity index (χ4v) is 3.27. The maximum absolute atomic E-state index is 12.2. The van der Waals surface area contributed by atoms with E-state index in [-0.39, 0.29) is 11.5 Å². The number of nitrogens with one attached hydrogen (secondary N) is 1. The number of rotatable bonds is 5. The number of thiophene rings is 1. The molecular weight excluding hydrogens is 286 g/mol. The van der Waals surface area contributed by atoms with Crippen molar-refractivity contribution in [2.75, 3.05) is 6.54 Å². The minimum atomic E-state index is -0.110. The summed E-state index contributed by atoms with van der Waals surface area (Å²) >= 11 is 1.28. The molecule has 0 aliphatic carbocycles. The summed E-state index contributed by atoms with van der Waals surface area (Å²) in [4.78, 5) is 29.8. The number of carbonyl (C=O) groups is 1. The van der Waals surface area contributed by atoms with Crippen molar-refractivity contribution in [2.24, 2.45) is 13.0 Å². The van der Waals surface area contributed by atoms with E-state index in [0.717, 1.165) is 18.4 Å². The van der Waals surface area contributed by atoms with Crippen molar-refractivity contribution < 1.29 is 4.79 Å². The van der Waals surface area contributed by atoms with Crippen LogP contribution in [-0.4, -0.2) is 22.0 Å². The van der Waals surface area contributed by atoms with Gasteiger partial charge in [-0.2, -0.15) is 0 Å². The normalized spacial score (nSPS) is 11.3. The lowest BCUT2D eigenvalue weighted by atomic mass is 10.1. The molecule has 0 spiro atoms. The Morgan fingerprint density at radius 1 is 1.48 bits per heavy atom. The van der Waals surface area contributed by atoms with E-state index in [4.69, 9.17) is 0 Å². The molecule has 0 aromatic carbocycles. The maximum Gasteiger partial charge on any atom is 0.262 e. The van der Waals surface area contributed by atoms with Crippen LogP contribution in [0, 0.1) is 12.8 Å². The lowest BCUT2D eigenvalue weighted by Crippen LogP contribution is -2.24. The fraction of sp³-hybridized carbons (Fsp3) is 0.533. The van der Waals surface area contributed by atoms with Crippen LogP contribution in [0.15, 0.2) is 11.1 Å². The molecule has 6 heteroatoms. The summed E-state index contributed by atoms with van der Waals surface area (Å²) in [5, 5.41) is 3.48. The minimum Gasteiger partial charge on any atom is -0.351 e. The lowest BCUT2D eigenvalue weighted by molar-refractivity contribution is 0.0956. The number of nitrogens with zero attached hydrogens (tertiary/aromatic N) is 2. The van der Waals surface area contributed by atoms with Crippen molar-refractivity contribution in [3.8, 4) is 0 Å². The number of fused-ring (bicyclic) bond motifs is 1. The van der Waals surface area contributed by atoms with Crippen LogP contribution < -0.4 is 10.9 Å². The van der Waals surface area contributed by atoms with Crippen molar-refractivity contribution in [3.05, 3.63) is 27.1 Å². The topological polar surface area (TPSA) is 64.0 Å². The molecule has 1 N–H and O–H groups in total. The van der Waals surface area contributed by atoms with Gasteiger partial charge in [-0.05, 0) is 31.2 Å². The Hall–Kier alpha value is -1.69. The molecule has 2 rings (SSSR count). The highest BCUT2D eigenvalue weighted by Gasteiger charge is 2.18. The second kappa shape index (κ2) is 6.39. The van der Waals surface area contributed by atoms with E-state index in [1.807, 2.05) is 6.92 Å². The van der Waals surface area contributed by atoms with E-state index in [2.05, 4.69) is 24.1 Å². The molecule has 0 fully saturated rings. The maximum atomic E-state index is 12.2. The molecular formula is C15H21N3O2S. The Kier molecular flexibility index (Phi) is 4.77. The number of hydrogen-bond acceptors (Lipinski definition) is 4. The van der Waals surface area contributed by atoms with E-state index in [9.17, 15) is 9.59 Å². The van der Waals surface area contributed by atoms with Crippen LogP contribution in [0.25, 0.3) is 10.2 Å². The summed E-state index contributed by atoms with van der Waals surface area (Å²) in [5.74, 6) is 0.529. The third kappa shape index (κ3) is 3.32. The molecule has 2 aromatic rings. The van der Waals surface area contributed by atoms with Crippen molar-refractivity contribution in [3.63, 3.8) is 0 Å². The zero-order valence-electron chi connectivity index (χ0n) is 12.9. The van der Waals surface area contributed by atoms with Gasteiger partial charge in [0.1, 0.15) is 4.83 Å². The summed E-state index contributed by atoms with van der Waals surface area (Å²) < 4.78 is 1.44. The highest BCUT2D eigenvalue weighted by atomic mass is 32.1. The SMILES string of the molecule is Cc1c(C(=O)NCCCC(C)C)sc2ncn(C)c(=O)c12. The van der Waals surface area contributed by atoms with Crippen LogP contribution in [0.2, 0.25) is 0 Å². The molecule has 0 saturated heterocycles. The molecule has 5 nitrogen and oxygen atoms in total. The van der Waals surface area contributed by atoms with Crippen LogP contribution in [0.1, 0.15) is 41.9 Å². The van der Waals surface area contributed by atoms with Crippen LogP contribution in [-0.2, 0) is 7.05 Å². The van der Waals surface area contributed by atoms with E-state index >= 15 is 0 Å². The van der Waals surface area contributed by atoms with Gasteiger partial charge in [0.25, 0.3) is 11.5 Å². The summed E-state index contributed by atoms with van der Waals surface area (Å²) in [6.45, 7) is 6.81. The number of carbonyl (C=O) groups excluding carboxylic acids is 1. The van der Waals surface area contributed by atoms with Crippen LogP contribution in [0.5, 0.6) is 0 Å². The van der Waals surface area contributed by atoms with Gasteiger partial charge in [-0.15, -0.1) is 11.3 Å². The largest absolute Gasteiger partial charge is 0.351 e. The van der Waals surface area contributed by atoms with Gasteiger partial charge < -0.3 is 9.88 Å². The Labute approximate surface area is 128 Å². The van der Waals surface area contributed by atoms with E-state index in [1.54, 1.807) is 7.05 Å². The summed E-state index contributed by atoms with van der Waals surface area (Å²) in [7, 11) is 1.66. The minimum absolute atomic E-state index is 0.104. The number of amides is 1. The van der Waals surface area contributed by atoms with Crippen LogP contribution in [0.4, 0.5) is 0 Å². The van der Waals surface area contributed by atoms with Crippen molar-refractivity contribution in [2.45, 2.75) is 33.6 Å². The Morgan fingerprint density at radius 2 is 2.19 bits per heavy atom.